The number of aromatic nitrogens is 3. The number of pyridine rings is 1. The summed E-state index contributed by atoms with van der Waals surface area (Å²) in [5.74, 6) is 1.11. The van der Waals surface area contributed by atoms with E-state index in [-0.39, 0.29) is 12.4 Å². The first-order valence-corrected chi connectivity index (χ1v) is 5.81. The van der Waals surface area contributed by atoms with Crippen molar-refractivity contribution in [3.8, 4) is 11.5 Å². The van der Waals surface area contributed by atoms with Gasteiger partial charge < -0.3 is 10.3 Å². The van der Waals surface area contributed by atoms with Gasteiger partial charge in [0.25, 0.3) is 5.89 Å². The highest BCUT2D eigenvalue weighted by molar-refractivity contribution is 5.85. The summed E-state index contributed by atoms with van der Waals surface area (Å²) in [5, 5.41) is 4.01. The standard InChI is InChI=1S/C12H14N4O.ClH/c13-12(5-1-2-6-12)11-15-10(17-16-11)9-4-3-7-14-8-9;/h3-4,7-8H,1-2,5-6,13H2;1H. The highest BCUT2D eigenvalue weighted by Gasteiger charge is 2.36. The first-order valence-electron chi connectivity index (χ1n) is 5.81. The molecule has 1 aliphatic rings. The van der Waals surface area contributed by atoms with Crippen LogP contribution in [0.4, 0.5) is 0 Å². The Kier molecular flexibility index (Phi) is 3.63. The highest BCUT2D eigenvalue weighted by Crippen LogP contribution is 2.35. The summed E-state index contributed by atoms with van der Waals surface area (Å²) in [4.78, 5) is 8.42. The second-order valence-electron chi connectivity index (χ2n) is 4.53. The molecule has 2 N–H and O–H groups in total. The first-order chi connectivity index (χ1) is 8.28. The quantitative estimate of drug-likeness (QED) is 0.902. The van der Waals surface area contributed by atoms with Crippen LogP contribution in [0, 0.1) is 0 Å². The number of hydrogen-bond acceptors (Lipinski definition) is 5. The normalized spacial score (nSPS) is 17.4. The van der Waals surface area contributed by atoms with Gasteiger partial charge in [-0.1, -0.05) is 18.0 Å². The summed E-state index contributed by atoms with van der Waals surface area (Å²) in [6.45, 7) is 0. The maximum Gasteiger partial charge on any atom is 0.259 e. The molecule has 0 unspecified atom stereocenters. The van der Waals surface area contributed by atoms with Gasteiger partial charge >= 0.3 is 0 Å². The zero-order valence-electron chi connectivity index (χ0n) is 9.87. The van der Waals surface area contributed by atoms with Crippen LogP contribution in [-0.2, 0) is 5.54 Å². The number of nitrogens with zero attached hydrogens (tertiary/aromatic N) is 3. The molecule has 96 valence electrons. The minimum absolute atomic E-state index is 0. The van der Waals surface area contributed by atoms with Gasteiger partial charge in [-0.15, -0.1) is 12.4 Å². The van der Waals surface area contributed by atoms with Crippen LogP contribution in [0.3, 0.4) is 0 Å². The van der Waals surface area contributed by atoms with E-state index in [1.807, 2.05) is 12.1 Å². The Hall–Kier alpha value is -1.46. The lowest BCUT2D eigenvalue weighted by atomic mass is 9.99. The van der Waals surface area contributed by atoms with Crippen molar-refractivity contribution in [3.63, 3.8) is 0 Å². The summed E-state index contributed by atoms with van der Waals surface area (Å²) in [6, 6.07) is 3.73. The summed E-state index contributed by atoms with van der Waals surface area (Å²) in [6.07, 6.45) is 7.54. The second kappa shape index (κ2) is 5.04. The molecular weight excluding hydrogens is 252 g/mol. The fraction of sp³-hybridized carbons (Fsp3) is 0.417. The van der Waals surface area contributed by atoms with Crippen LogP contribution in [0.25, 0.3) is 11.5 Å². The van der Waals surface area contributed by atoms with E-state index in [0.29, 0.717) is 11.7 Å². The molecular formula is C12H15ClN4O. The van der Waals surface area contributed by atoms with Crippen molar-refractivity contribution < 1.29 is 4.52 Å². The number of hydrogen-bond donors (Lipinski definition) is 1. The van der Waals surface area contributed by atoms with Crippen LogP contribution >= 0.6 is 12.4 Å². The van der Waals surface area contributed by atoms with Crippen molar-refractivity contribution in [1.82, 2.24) is 15.1 Å². The maximum absolute atomic E-state index is 6.27. The zero-order valence-corrected chi connectivity index (χ0v) is 10.7. The Bertz CT molecular complexity index is 508. The lowest BCUT2D eigenvalue weighted by molar-refractivity contribution is 0.372. The third-order valence-corrected chi connectivity index (χ3v) is 3.28. The van der Waals surface area contributed by atoms with E-state index in [9.17, 15) is 0 Å². The molecule has 0 aliphatic heterocycles. The molecule has 0 amide bonds. The summed E-state index contributed by atoms with van der Waals surface area (Å²) in [7, 11) is 0. The molecule has 6 heteroatoms. The summed E-state index contributed by atoms with van der Waals surface area (Å²) >= 11 is 0. The third-order valence-electron chi connectivity index (χ3n) is 3.28. The number of halogens is 1. The van der Waals surface area contributed by atoms with Gasteiger partial charge in [-0.2, -0.15) is 4.98 Å². The summed E-state index contributed by atoms with van der Waals surface area (Å²) < 4.78 is 5.25. The number of nitrogens with two attached hydrogens (primary N) is 1. The lowest BCUT2D eigenvalue weighted by Gasteiger charge is -2.17. The van der Waals surface area contributed by atoms with E-state index in [0.717, 1.165) is 31.2 Å². The van der Waals surface area contributed by atoms with Crippen molar-refractivity contribution in [2.75, 3.05) is 0 Å². The van der Waals surface area contributed by atoms with Gasteiger partial charge in [-0.25, -0.2) is 0 Å². The van der Waals surface area contributed by atoms with E-state index in [2.05, 4.69) is 15.1 Å². The molecule has 0 saturated heterocycles. The van der Waals surface area contributed by atoms with Crippen molar-refractivity contribution in [2.45, 2.75) is 31.2 Å². The third kappa shape index (κ3) is 2.23. The Morgan fingerprint density at radius 1 is 1.28 bits per heavy atom. The Morgan fingerprint density at radius 2 is 2.06 bits per heavy atom. The molecule has 18 heavy (non-hydrogen) atoms. The van der Waals surface area contributed by atoms with Crippen LogP contribution in [0.2, 0.25) is 0 Å². The van der Waals surface area contributed by atoms with Gasteiger partial charge in [-0.05, 0) is 25.0 Å². The molecule has 2 heterocycles. The van der Waals surface area contributed by atoms with Crippen LogP contribution < -0.4 is 5.73 Å². The predicted octanol–water partition coefficient (Wildman–Crippen LogP) is 2.28. The average Bonchev–Trinajstić information content (AvgIpc) is 2.99. The van der Waals surface area contributed by atoms with Crippen LogP contribution in [-0.4, -0.2) is 15.1 Å². The van der Waals surface area contributed by atoms with Gasteiger partial charge in [0.1, 0.15) is 0 Å². The van der Waals surface area contributed by atoms with Crippen molar-refractivity contribution >= 4 is 12.4 Å². The highest BCUT2D eigenvalue weighted by atomic mass is 35.5. The van der Waals surface area contributed by atoms with Gasteiger partial charge in [0.15, 0.2) is 5.82 Å². The van der Waals surface area contributed by atoms with E-state index in [1.54, 1.807) is 12.4 Å². The summed E-state index contributed by atoms with van der Waals surface area (Å²) in [5.41, 5.74) is 6.70. The molecule has 0 atom stereocenters. The SMILES string of the molecule is Cl.NC1(c2noc(-c3cccnc3)n2)CCCC1. The molecule has 0 spiro atoms. The fourth-order valence-electron chi connectivity index (χ4n) is 2.26. The van der Waals surface area contributed by atoms with Gasteiger partial charge in [0.05, 0.1) is 11.1 Å². The topological polar surface area (TPSA) is 77.8 Å². The lowest BCUT2D eigenvalue weighted by Crippen LogP contribution is -2.34. The Morgan fingerprint density at radius 3 is 2.72 bits per heavy atom. The van der Waals surface area contributed by atoms with E-state index in [1.165, 1.54) is 0 Å². The van der Waals surface area contributed by atoms with Crippen molar-refractivity contribution in [3.05, 3.63) is 30.4 Å². The first kappa shape index (κ1) is 13.0. The van der Waals surface area contributed by atoms with Crippen molar-refractivity contribution in [1.29, 1.82) is 0 Å². The van der Waals surface area contributed by atoms with Crippen molar-refractivity contribution in [2.24, 2.45) is 5.73 Å². The minimum Gasteiger partial charge on any atom is -0.334 e. The molecule has 0 radical (unpaired) electrons. The largest absolute Gasteiger partial charge is 0.334 e. The van der Waals surface area contributed by atoms with Gasteiger partial charge in [0.2, 0.25) is 0 Å². The van der Waals surface area contributed by atoms with Crippen LogP contribution in [0.1, 0.15) is 31.5 Å². The molecule has 2 aromatic rings. The van der Waals surface area contributed by atoms with E-state index < -0.39 is 5.54 Å². The minimum atomic E-state index is -0.399. The maximum atomic E-state index is 6.27. The van der Waals surface area contributed by atoms with Gasteiger partial charge in [-0.3, -0.25) is 4.98 Å². The molecule has 2 aromatic heterocycles. The molecule has 1 aliphatic carbocycles. The zero-order chi connectivity index (χ0) is 11.7. The van der Waals surface area contributed by atoms with E-state index in [4.69, 9.17) is 10.3 Å². The smallest absolute Gasteiger partial charge is 0.259 e. The fourth-order valence-corrected chi connectivity index (χ4v) is 2.26. The van der Waals surface area contributed by atoms with E-state index >= 15 is 0 Å². The van der Waals surface area contributed by atoms with Crippen LogP contribution in [0.5, 0.6) is 0 Å². The Labute approximate surface area is 111 Å². The predicted molar refractivity (Wildman–Crippen MR) is 69.1 cm³/mol. The van der Waals surface area contributed by atoms with Gasteiger partial charge in [0, 0.05) is 12.4 Å². The molecule has 5 nitrogen and oxygen atoms in total. The second-order valence-corrected chi connectivity index (χ2v) is 4.53. The molecule has 1 fully saturated rings. The van der Waals surface area contributed by atoms with Crippen LogP contribution in [0.15, 0.2) is 29.0 Å². The number of rotatable bonds is 2. The molecule has 3 rings (SSSR count). The molecule has 0 aromatic carbocycles. The average molecular weight is 267 g/mol. The monoisotopic (exact) mass is 266 g/mol. The molecule has 1 saturated carbocycles. The Balaban J connectivity index is 0.00000120. The molecule has 0 bridgehead atoms.